The zero-order valence-corrected chi connectivity index (χ0v) is 12.5. The van der Waals surface area contributed by atoms with Crippen LogP contribution in [0.4, 0.5) is 9.18 Å². The molecule has 1 aliphatic rings. The first-order valence-electron chi connectivity index (χ1n) is 7.05. The number of benzene rings is 1. The third-order valence-corrected chi connectivity index (χ3v) is 3.63. The zero-order chi connectivity index (χ0) is 16.3. The maximum atomic E-state index is 13.4. The van der Waals surface area contributed by atoms with Gasteiger partial charge in [0, 0.05) is 25.6 Å². The van der Waals surface area contributed by atoms with E-state index in [1.54, 1.807) is 6.07 Å². The number of carbonyl (C=O) groups is 2. The summed E-state index contributed by atoms with van der Waals surface area (Å²) in [6.07, 6.45) is 0.532. The molecule has 0 radical (unpaired) electrons. The molecule has 0 fully saturated rings. The highest BCUT2D eigenvalue weighted by atomic mass is 19.1. The average Bonchev–Trinajstić information content (AvgIpc) is 2.47. The Labute approximate surface area is 127 Å². The number of fused-ring (bicyclic) bond motifs is 1. The first-order valence-corrected chi connectivity index (χ1v) is 7.05. The van der Waals surface area contributed by atoms with Gasteiger partial charge in [0.05, 0.1) is 18.6 Å². The fourth-order valence-corrected chi connectivity index (χ4v) is 2.35. The van der Waals surface area contributed by atoms with E-state index in [-0.39, 0.29) is 12.6 Å². The Hall–Kier alpha value is -2.31. The lowest BCUT2D eigenvalue weighted by molar-refractivity contribution is -0.141. The molecule has 0 saturated heterocycles. The SMILES string of the molecule is CC(CN(C)C(=O)NC1CCOc2ccc(F)cc21)C(=O)O. The Balaban J connectivity index is 2.04. The average molecular weight is 310 g/mol. The zero-order valence-electron chi connectivity index (χ0n) is 12.5. The van der Waals surface area contributed by atoms with E-state index < -0.39 is 23.7 Å². The molecule has 0 bridgehead atoms. The molecule has 0 aliphatic carbocycles. The number of hydrogen-bond donors (Lipinski definition) is 2. The van der Waals surface area contributed by atoms with E-state index in [9.17, 15) is 14.0 Å². The van der Waals surface area contributed by atoms with Crippen molar-refractivity contribution in [2.45, 2.75) is 19.4 Å². The summed E-state index contributed by atoms with van der Waals surface area (Å²) in [6, 6.07) is 3.45. The van der Waals surface area contributed by atoms with Gasteiger partial charge in [0.2, 0.25) is 0 Å². The Morgan fingerprint density at radius 1 is 1.55 bits per heavy atom. The minimum Gasteiger partial charge on any atom is -0.493 e. The predicted octanol–water partition coefficient (Wildman–Crippen LogP) is 2.01. The molecule has 0 aromatic heterocycles. The second kappa shape index (κ2) is 6.64. The van der Waals surface area contributed by atoms with Gasteiger partial charge in [-0.05, 0) is 18.2 Å². The summed E-state index contributed by atoms with van der Waals surface area (Å²) in [5.74, 6) is -1.45. The van der Waals surface area contributed by atoms with Gasteiger partial charge in [0.25, 0.3) is 0 Å². The van der Waals surface area contributed by atoms with Crippen molar-refractivity contribution in [2.24, 2.45) is 5.92 Å². The monoisotopic (exact) mass is 310 g/mol. The van der Waals surface area contributed by atoms with Crippen molar-refractivity contribution in [3.63, 3.8) is 0 Å². The molecule has 2 unspecified atom stereocenters. The second-order valence-electron chi connectivity index (χ2n) is 5.44. The van der Waals surface area contributed by atoms with Crippen LogP contribution in [0.25, 0.3) is 0 Å². The van der Waals surface area contributed by atoms with Crippen LogP contribution in [-0.4, -0.2) is 42.2 Å². The molecule has 6 nitrogen and oxygen atoms in total. The fraction of sp³-hybridized carbons (Fsp3) is 0.467. The van der Waals surface area contributed by atoms with E-state index in [4.69, 9.17) is 9.84 Å². The molecule has 2 N–H and O–H groups in total. The Morgan fingerprint density at radius 2 is 2.27 bits per heavy atom. The molecule has 1 heterocycles. The molecule has 1 aromatic rings. The first-order chi connectivity index (χ1) is 10.4. The third-order valence-electron chi connectivity index (χ3n) is 3.63. The molecule has 1 aliphatic heterocycles. The van der Waals surface area contributed by atoms with Gasteiger partial charge in [-0.15, -0.1) is 0 Å². The van der Waals surface area contributed by atoms with Crippen molar-refractivity contribution in [3.05, 3.63) is 29.6 Å². The Bertz CT molecular complexity index is 579. The number of amides is 2. The molecule has 1 aromatic carbocycles. The van der Waals surface area contributed by atoms with Gasteiger partial charge in [0.15, 0.2) is 0 Å². The number of ether oxygens (including phenoxy) is 1. The lowest BCUT2D eigenvalue weighted by atomic mass is 10.0. The maximum Gasteiger partial charge on any atom is 0.317 e. The minimum absolute atomic E-state index is 0.0976. The van der Waals surface area contributed by atoms with E-state index in [1.165, 1.54) is 31.0 Å². The van der Waals surface area contributed by atoms with Crippen molar-refractivity contribution < 1.29 is 23.8 Å². The van der Waals surface area contributed by atoms with Crippen molar-refractivity contribution in [1.29, 1.82) is 0 Å². The summed E-state index contributed by atoms with van der Waals surface area (Å²) in [6.45, 7) is 2.06. The van der Waals surface area contributed by atoms with Crippen LogP contribution >= 0.6 is 0 Å². The van der Waals surface area contributed by atoms with Crippen molar-refractivity contribution in [1.82, 2.24) is 10.2 Å². The summed E-state index contributed by atoms with van der Waals surface area (Å²) in [5.41, 5.74) is 0.597. The Morgan fingerprint density at radius 3 is 2.95 bits per heavy atom. The number of nitrogens with zero attached hydrogens (tertiary/aromatic N) is 1. The third kappa shape index (κ3) is 3.66. The van der Waals surface area contributed by atoms with E-state index >= 15 is 0 Å². The van der Waals surface area contributed by atoms with E-state index in [1.807, 2.05) is 0 Å². The topological polar surface area (TPSA) is 78.9 Å². The van der Waals surface area contributed by atoms with Gasteiger partial charge in [-0.2, -0.15) is 0 Å². The lowest BCUT2D eigenvalue weighted by Gasteiger charge is -2.29. The standard InChI is InChI=1S/C15H19FN2O4/c1-9(14(19)20)8-18(2)15(21)17-12-5-6-22-13-4-3-10(16)7-11(12)13/h3-4,7,9,12H,5-6,8H2,1-2H3,(H,17,21)(H,19,20). The molecule has 0 spiro atoms. The highest BCUT2D eigenvalue weighted by Crippen LogP contribution is 2.32. The Kier molecular flexibility index (Phi) is 4.85. The van der Waals surface area contributed by atoms with E-state index in [2.05, 4.69) is 5.32 Å². The molecule has 0 saturated carbocycles. The molecule has 120 valence electrons. The molecule has 2 atom stereocenters. The number of halogens is 1. The molecular formula is C15H19FN2O4. The number of carbonyl (C=O) groups excluding carboxylic acids is 1. The largest absolute Gasteiger partial charge is 0.493 e. The van der Waals surface area contributed by atoms with Gasteiger partial charge in [-0.3, -0.25) is 4.79 Å². The molecule has 22 heavy (non-hydrogen) atoms. The highest BCUT2D eigenvalue weighted by Gasteiger charge is 2.25. The number of carboxylic acid groups (broad SMARTS) is 1. The van der Waals surface area contributed by atoms with Gasteiger partial charge >= 0.3 is 12.0 Å². The molecule has 7 heteroatoms. The van der Waals surface area contributed by atoms with Gasteiger partial charge in [-0.1, -0.05) is 6.92 Å². The van der Waals surface area contributed by atoms with E-state index in [0.717, 1.165) is 0 Å². The lowest BCUT2D eigenvalue weighted by Crippen LogP contribution is -2.43. The van der Waals surface area contributed by atoms with Gasteiger partial charge < -0.3 is 20.1 Å². The fourth-order valence-electron chi connectivity index (χ4n) is 2.35. The van der Waals surface area contributed by atoms with Crippen molar-refractivity contribution >= 4 is 12.0 Å². The summed E-state index contributed by atoms with van der Waals surface area (Å²) in [7, 11) is 1.53. The molecule has 2 rings (SSSR count). The smallest absolute Gasteiger partial charge is 0.317 e. The van der Waals surface area contributed by atoms with Crippen LogP contribution < -0.4 is 10.1 Å². The van der Waals surface area contributed by atoms with Crippen LogP contribution in [0, 0.1) is 11.7 Å². The number of aliphatic carboxylic acids is 1. The van der Waals surface area contributed by atoms with Crippen LogP contribution in [0.3, 0.4) is 0 Å². The van der Waals surface area contributed by atoms with Crippen LogP contribution in [0.5, 0.6) is 5.75 Å². The number of carboxylic acids is 1. The van der Waals surface area contributed by atoms with E-state index in [0.29, 0.717) is 24.3 Å². The number of nitrogens with one attached hydrogen (secondary N) is 1. The van der Waals surface area contributed by atoms with Crippen LogP contribution in [0.2, 0.25) is 0 Å². The quantitative estimate of drug-likeness (QED) is 0.891. The van der Waals surface area contributed by atoms with Crippen molar-refractivity contribution in [3.8, 4) is 5.75 Å². The minimum atomic E-state index is -0.960. The summed E-state index contributed by atoms with van der Waals surface area (Å²) in [5, 5.41) is 11.7. The summed E-state index contributed by atoms with van der Waals surface area (Å²) < 4.78 is 18.8. The number of rotatable bonds is 4. The summed E-state index contributed by atoms with van der Waals surface area (Å²) in [4.78, 5) is 24.3. The number of hydrogen-bond acceptors (Lipinski definition) is 3. The van der Waals surface area contributed by atoms with Gasteiger partial charge in [0.1, 0.15) is 11.6 Å². The normalized spacial score (nSPS) is 17.9. The predicted molar refractivity (Wildman–Crippen MR) is 77.2 cm³/mol. The van der Waals surface area contributed by atoms with Crippen LogP contribution in [0.1, 0.15) is 24.9 Å². The van der Waals surface area contributed by atoms with Gasteiger partial charge in [-0.25, -0.2) is 9.18 Å². The highest BCUT2D eigenvalue weighted by molar-refractivity contribution is 5.76. The second-order valence-corrected chi connectivity index (χ2v) is 5.44. The molecule has 2 amide bonds. The molecular weight excluding hydrogens is 291 g/mol. The maximum absolute atomic E-state index is 13.4. The van der Waals surface area contributed by atoms with Crippen LogP contribution in [0.15, 0.2) is 18.2 Å². The van der Waals surface area contributed by atoms with Crippen molar-refractivity contribution in [2.75, 3.05) is 20.2 Å². The van der Waals surface area contributed by atoms with Crippen LogP contribution in [-0.2, 0) is 4.79 Å². The summed E-state index contributed by atoms with van der Waals surface area (Å²) >= 11 is 0. The first kappa shape index (κ1) is 16.1. The number of urea groups is 1.